The second-order valence-electron chi connectivity index (χ2n) is 8.22. The number of nitrogens with zero attached hydrogens (tertiary/aromatic N) is 2. The topological polar surface area (TPSA) is 50.3 Å². The van der Waals surface area contributed by atoms with Crippen molar-refractivity contribution >= 4 is 23.4 Å². The maximum Gasteiger partial charge on any atom is 0.326 e. The van der Waals surface area contributed by atoms with Crippen LogP contribution in [0.5, 0.6) is 0 Å². The molecule has 6 heteroatoms. The van der Waals surface area contributed by atoms with E-state index in [1.807, 2.05) is 17.7 Å². The lowest BCUT2D eigenvalue weighted by Gasteiger charge is -2.41. The molecule has 0 amide bonds. The van der Waals surface area contributed by atoms with Crippen LogP contribution in [0.1, 0.15) is 50.1 Å². The number of rotatable bonds is 4. The summed E-state index contributed by atoms with van der Waals surface area (Å²) in [6.07, 6.45) is 7.31. The molecule has 150 valence electrons. The summed E-state index contributed by atoms with van der Waals surface area (Å²) in [4.78, 5) is 18.2. The number of piperidine rings is 1. The Balaban J connectivity index is 0.00000210. The highest BCUT2D eigenvalue weighted by atomic mass is 35.5. The van der Waals surface area contributed by atoms with Gasteiger partial charge >= 0.3 is 5.69 Å². The van der Waals surface area contributed by atoms with Gasteiger partial charge < -0.3 is 14.6 Å². The van der Waals surface area contributed by atoms with Gasteiger partial charge in [-0.05, 0) is 69.1 Å². The third kappa shape index (κ3) is 4.25. The van der Waals surface area contributed by atoms with Gasteiger partial charge in [-0.1, -0.05) is 6.07 Å². The molecule has 1 aliphatic carbocycles. The van der Waals surface area contributed by atoms with Crippen molar-refractivity contribution in [3.8, 4) is 0 Å². The van der Waals surface area contributed by atoms with Gasteiger partial charge in [-0.3, -0.25) is 4.57 Å². The molecule has 1 aromatic carbocycles. The molecule has 2 heterocycles. The number of H-pyrrole nitrogens is 1. The monoisotopic (exact) mass is 393 g/mol. The first kappa shape index (κ1) is 20.4. The molecule has 2 aliphatic rings. The lowest BCUT2D eigenvalue weighted by Crippen LogP contribution is -2.44. The fourth-order valence-corrected chi connectivity index (χ4v) is 5.02. The Hall–Kier alpha value is -1.30. The molecule has 1 saturated carbocycles. The van der Waals surface area contributed by atoms with E-state index in [2.05, 4.69) is 28.9 Å². The average Bonchev–Trinajstić information content (AvgIpc) is 2.98. The molecular weight excluding hydrogens is 362 g/mol. The van der Waals surface area contributed by atoms with E-state index in [9.17, 15) is 4.79 Å². The van der Waals surface area contributed by atoms with Crippen molar-refractivity contribution in [2.24, 2.45) is 5.92 Å². The molecule has 2 aromatic rings. The highest BCUT2D eigenvalue weighted by molar-refractivity contribution is 5.85. The number of ether oxygens (including phenoxy) is 1. The first-order chi connectivity index (χ1) is 12.7. The second kappa shape index (κ2) is 8.80. The van der Waals surface area contributed by atoms with Crippen LogP contribution in [0, 0.1) is 12.8 Å². The summed E-state index contributed by atoms with van der Waals surface area (Å²) in [5.41, 5.74) is 3.27. The molecule has 1 aliphatic heterocycles. The van der Waals surface area contributed by atoms with Crippen LogP contribution in [0.2, 0.25) is 0 Å². The van der Waals surface area contributed by atoms with Gasteiger partial charge in [0.25, 0.3) is 0 Å². The molecule has 0 unspecified atom stereocenters. The zero-order valence-corrected chi connectivity index (χ0v) is 17.3. The summed E-state index contributed by atoms with van der Waals surface area (Å²) in [7, 11) is 1.81. The average molecular weight is 394 g/mol. The number of nitrogens with one attached hydrogen (secondary N) is 1. The predicted molar refractivity (Wildman–Crippen MR) is 112 cm³/mol. The van der Waals surface area contributed by atoms with E-state index in [1.165, 1.54) is 31.2 Å². The van der Waals surface area contributed by atoms with Gasteiger partial charge in [0.2, 0.25) is 0 Å². The molecule has 4 rings (SSSR count). The van der Waals surface area contributed by atoms with E-state index in [0.29, 0.717) is 6.04 Å². The van der Waals surface area contributed by atoms with Crippen LogP contribution in [0.3, 0.4) is 0 Å². The first-order valence-corrected chi connectivity index (χ1v) is 10.1. The molecule has 1 saturated heterocycles. The van der Waals surface area contributed by atoms with Gasteiger partial charge in [0.05, 0.1) is 11.0 Å². The third-order valence-electron chi connectivity index (χ3n) is 6.47. The number of fused-ring (bicyclic) bond motifs is 1. The Morgan fingerprint density at radius 2 is 1.78 bits per heavy atom. The number of aromatic amines is 1. The van der Waals surface area contributed by atoms with E-state index in [1.54, 1.807) is 0 Å². The molecule has 2 fully saturated rings. The Kier molecular flexibility index (Phi) is 6.66. The molecule has 0 spiro atoms. The van der Waals surface area contributed by atoms with Gasteiger partial charge in [-0.2, -0.15) is 0 Å². The van der Waals surface area contributed by atoms with Crippen LogP contribution in [0.4, 0.5) is 0 Å². The smallest absolute Gasteiger partial charge is 0.326 e. The van der Waals surface area contributed by atoms with Crippen molar-refractivity contribution in [3.63, 3.8) is 0 Å². The van der Waals surface area contributed by atoms with E-state index in [0.717, 1.165) is 55.5 Å². The second-order valence-corrected chi connectivity index (χ2v) is 8.22. The number of hydrogen-bond acceptors (Lipinski definition) is 3. The summed E-state index contributed by atoms with van der Waals surface area (Å²) in [5.74, 6) is 0.752. The van der Waals surface area contributed by atoms with Gasteiger partial charge in [0.15, 0.2) is 0 Å². The van der Waals surface area contributed by atoms with E-state index in [-0.39, 0.29) is 18.1 Å². The molecule has 0 atom stereocenters. The van der Waals surface area contributed by atoms with Crippen LogP contribution in [-0.4, -0.2) is 47.3 Å². The van der Waals surface area contributed by atoms with Crippen LogP contribution < -0.4 is 5.69 Å². The fraction of sp³-hybridized carbons (Fsp3) is 0.667. The number of methoxy groups -OCH3 is 1. The Bertz CT molecular complexity index is 799. The Morgan fingerprint density at radius 3 is 2.44 bits per heavy atom. The van der Waals surface area contributed by atoms with Gasteiger partial charge in [0.1, 0.15) is 0 Å². The number of benzene rings is 1. The number of hydrogen-bond donors (Lipinski definition) is 1. The minimum atomic E-state index is 0. The molecule has 0 radical (unpaired) electrons. The van der Waals surface area contributed by atoms with Gasteiger partial charge in [-0.15, -0.1) is 12.4 Å². The summed E-state index contributed by atoms with van der Waals surface area (Å²) in [6, 6.07) is 7.27. The minimum absolute atomic E-state index is 0. The lowest BCUT2D eigenvalue weighted by atomic mass is 9.85. The zero-order chi connectivity index (χ0) is 18.1. The number of imidazole rings is 1. The first-order valence-electron chi connectivity index (χ1n) is 10.1. The Labute approximate surface area is 167 Å². The van der Waals surface area contributed by atoms with Crippen LogP contribution >= 0.6 is 12.4 Å². The van der Waals surface area contributed by atoms with Crippen molar-refractivity contribution < 1.29 is 4.74 Å². The number of halogens is 1. The molecule has 27 heavy (non-hydrogen) atoms. The van der Waals surface area contributed by atoms with E-state index < -0.39 is 0 Å². The summed E-state index contributed by atoms with van der Waals surface area (Å²) in [6.45, 7) is 5.21. The lowest BCUT2D eigenvalue weighted by molar-refractivity contribution is 0.0714. The van der Waals surface area contributed by atoms with E-state index >= 15 is 0 Å². The zero-order valence-electron chi connectivity index (χ0n) is 16.4. The number of aryl methyl sites for hydroxylation is 1. The summed E-state index contributed by atoms with van der Waals surface area (Å²) >= 11 is 0. The SMILES string of the molecule is COC[C@H]1CC[C@H](N2CCC(n3c(=O)[nH]c4ccc(C)cc43)CC2)CC1.Cl. The number of aromatic nitrogens is 2. The third-order valence-corrected chi connectivity index (χ3v) is 6.47. The molecule has 1 aromatic heterocycles. The summed E-state index contributed by atoms with van der Waals surface area (Å²) in [5, 5.41) is 0. The molecule has 1 N–H and O–H groups in total. The van der Waals surface area contributed by atoms with Crippen LogP contribution in [-0.2, 0) is 4.74 Å². The van der Waals surface area contributed by atoms with Crippen LogP contribution in [0.25, 0.3) is 11.0 Å². The largest absolute Gasteiger partial charge is 0.384 e. The highest BCUT2D eigenvalue weighted by Crippen LogP contribution is 2.32. The predicted octanol–water partition coefficient (Wildman–Crippen LogP) is 3.90. The standard InChI is InChI=1S/C21H31N3O2.ClH/c1-15-3-8-19-20(13-15)24(21(25)22-19)18-9-11-23(12-10-18)17-6-4-16(5-7-17)14-26-2;/h3,8,13,16-18H,4-7,9-12,14H2,1-2H3,(H,22,25);1H/t16-,17-;. The molecule has 5 nitrogen and oxygen atoms in total. The normalized spacial score (nSPS) is 24.8. The summed E-state index contributed by atoms with van der Waals surface area (Å²) < 4.78 is 7.33. The van der Waals surface area contributed by atoms with Crippen molar-refractivity contribution in [2.45, 2.75) is 57.5 Å². The minimum Gasteiger partial charge on any atom is -0.384 e. The maximum absolute atomic E-state index is 12.5. The fourth-order valence-electron chi connectivity index (χ4n) is 5.02. The van der Waals surface area contributed by atoms with Gasteiger partial charge in [-0.25, -0.2) is 4.79 Å². The van der Waals surface area contributed by atoms with Crippen molar-refractivity contribution in [3.05, 3.63) is 34.2 Å². The van der Waals surface area contributed by atoms with Crippen molar-refractivity contribution in [2.75, 3.05) is 26.8 Å². The van der Waals surface area contributed by atoms with Crippen molar-refractivity contribution in [1.29, 1.82) is 0 Å². The molecular formula is C21H32ClN3O2. The number of likely N-dealkylation sites (tertiary alicyclic amines) is 1. The quantitative estimate of drug-likeness (QED) is 0.856. The highest BCUT2D eigenvalue weighted by Gasteiger charge is 2.30. The van der Waals surface area contributed by atoms with Gasteiger partial charge in [0, 0.05) is 38.9 Å². The Morgan fingerprint density at radius 1 is 1.07 bits per heavy atom. The maximum atomic E-state index is 12.5. The van der Waals surface area contributed by atoms with Crippen molar-refractivity contribution in [1.82, 2.24) is 14.5 Å². The molecule has 0 bridgehead atoms. The van der Waals surface area contributed by atoms with Crippen LogP contribution in [0.15, 0.2) is 23.0 Å². The van der Waals surface area contributed by atoms with E-state index in [4.69, 9.17) is 4.74 Å².